The molecule has 27 heavy (non-hydrogen) atoms. The van der Waals surface area contributed by atoms with Crippen LogP contribution in [0, 0.1) is 20.3 Å². The van der Waals surface area contributed by atoms with Gasteiger partial charge in [0.05, 0.1) is 11.6 Å². The molecule has 2 heterocycles. The highest BCUT2D eigenvalue weighted by atomic mass is 127. The Kier molecular flexibility index (Phi) is 5.05. The number of halogens is 4. The summed E-state index contributed by atoms with van der Waals surface area (Å²) in [5, 5.41) is 9.62. The Morgan fingerprint density at radius 2 is 2.11 bits per heavy atom. The molecular formula is C18H22F3IN2O3. The first-order valence-electron chi connectivity index (χ1n) is 8.70. The number of ether oxygens (including phenoxy) is 1. The first-order chi connectivity index (χ1) is 12.3. The summed E-state index contributed by atoms with van der Waals surface area (Å²) in [5.41, 5.74) is -0.792. The summed E-state index contributed by atoms with van der Waals surface area (Å²) >= 11 is 1.60. The number of hydrogen-bond acceptors (Lipinski definition) is 3. The van der Waals surface area contributed by atoms with Gasteiger partial charge in [-0.1, -0.05) is 20.8 Å². The summed E-state index contributed by atoms with van der Waals surface area (Å²) in [5.74, 6) is 0.517. The summed E-state index contributed by atoms with van der Waals surface area (Å²) in [4.78, 5) is 16.9. The molecule has 9 heteroatoms. The summed E-state index contributed by atoms with van der Waals surface area (Å²) in [6.45, 7) is 6.95. The topological polar surface area (TPSA) is 62.7 Å². The summed E-state index contributed by atoms with van der Waals surface area (Å²) in [7, 11) is 0. The fraction of sp³-hybridized carbons (Fsp3) is 0.667. The van der Waals surface area contributed by atoms with Crippen molar-refractivity contribution in [2.45, 2.75) is 45.8 Å². The maximum absolute atomic E-state index is 12.8. The van der Waals surface area contributed by atoms with Gasteiger partial charge in [-0.05, 0) is 52.2 Å². The smallest absolute Gasteiger partial charge is 0.418 e. The minimum absolute atomic E-state index is 0.00206. The van der Waals surface area contributed by atoms with E-state index in [0.717, 1.165) is 12.6 Å². The zero-order chi connectivity index (χ0) is 20.2. The fourth-order valence-electron chi connectivity index (χ4n) is 4.19. The first kappa shape index (κ1) is 20.5. The lowest BCUT2D eigenvalue weighted by Gasteiger charge is -2.43. The maximum atomic E-state index is 12.8. The SMILES string of the molecule is CC(C)(C)[C@]12C[C@H]1C[C@@H](COc1cc(I)c(C(F)(F)F)cn1)N(C(=O)O)C2. The predicted molar refractivity (Wildman–Crippen MR) is 101 cm³/mol. The number of amides is 1. The van der Waals surface area contributed by atoms with Crippen LogP contribution in [-0.4, -0.2) is 40.3 Å². The Morgan fingerprint density at radius 1 is 1.44 bits per heavy atom. The first-order valence-corrected chi connectivity index (χ1v) is 9.78. The maximum Gasteiger partial charge on any atom is 0.418 e. The van der Waals surface area contributed by atoms with Gasteiger partial charge in [0.2, 0.25) is 5.88 Å². The van der Waals surface area contributed by atoms with Crippen molar-refractivity contribution in [3.63, 3.8) is 0 Å². The van der Waals surface area contributed by atoms with Gasteiger partial charge in [-0.3, -0.25) is 0 Å². The van der Waals surface area contributed by atoms with Gasteiger partial charge in [-0.2, -0.15) is 13.2 Å². The van der Waals surface area contributed by atoms with Crippen molar-refractivity contribution in [1.29, 1.82) is 0 Å². The van der Waals surface area contributed by atoms with Crippen LogP contribution in [-0.2, 0) is 6.18 Å². The van der Waals surface area contributed by atoms with E-state index in [-0.39, 0.29) is 32.9 Å². The van der Waals surface area contributed by atoms with Gasteiger partial charge < -0.3 is 14.7 Å². The summed E-state index contributed by atoms with van der Waals surface area (Å²) in [6.07, 6.45) is -3.02. The number of rotatable bonds is 3. The van der Waals surface area contributed by atoms with Crippen LogP contribution in [0.25, 0.3) is 0 Å². The van der Waals surface area contributed by atoms with Crippen LogP contribution in [0.1, 0.15) is 39.2 Å². The molecule has 0 spiro atoms. The van der Waals surface area contributed by atoms with Crippen molar-refractivity contribution in [3.05, 3.63) is 21.4 Å². The molecule has 1 aliphatic carbocycles. The third-order valence-corrected chi connectivity index (χ3v) is 6.87. The van der Waals surface area contributed by atoms with Crippen molar-refractivity contribution in [1.82, 2.24) is 9.88 Å². The van der Waals surface area contributed by atoms with E-state index in [1.807, 2.05) is 0 Å². The monoisotopic (exact) mass is 498 g/mol. The molecule has 1 saturated heterocycles. The minimum Gasteiger partial charge on any atom is -0.475 e. The standard InChI is InChI=1S/C18H22F3IN2O3/c1-16(2,3)17-6-10(17)4-11(24(9-17)15(25)26)8-27-14-5-13(22)12(7-23-14)18(19,20)21/h5,7,10-11H,4,6,8-9H2,1-3H3,(H,25,26)/t10-,11+,17+/m1/s1. The number of likely N-dealkylation sites (tertiary alicyclic amines) is 1. The van der Waals surface area contributed by atoms with Gasteiger partial charge in [-0.25, -0.2) is 9.78 Å². The van der Waals surface area contributed by atoms with E-state index in [0.29, 0.717) is 18.9 Å². The fourth-order valence-corrected chi connectivity index (χ4v) is 4.90. The molecule has 1 aromatic rings. The number of nitrogens with zero attached hydrogens (tertiary/aromatic N) is 2. The molecule has 1 saturated carbocycles. The van der Waals surface area contributed by atoms with Crippen molar-refractivity contribution in [3.8, 4) is 5.88 Å². The molecule has 3 rings (SSSR count). The second-order valence-electron chi connectivity index (χ2n) is 8.42. The Bertz CT molecular complexity index is 750. The molecule has 1 aromatic heterocycles. The normalized spacial score (nSPS) is 27.9. The molecular weight excluding hydrogens is 476 g/mol. The molecule has 1 amide bonds. The summed E-state index contributed by atoms with van der Waals surface area (Å²) in [6, 6.07) is 0.903. The number of pyridine rings is 1. The Hall–Kier alpha value is -1.26. The number of fused-ring (bicyclic) bond motifs is 1. The molecule has 0 bridgehead atoms. The van der Waals surface area contributed by atoms with Crippen LogP contribution in [0.3, 0.4) is 0 Å². The molecule has 2 aliphatic rings. The molecule has 150 valence electrons. The van der Waals surface area contributed by atoms with Gasteiger partial charge in [0.1, 0.15) is 6.61 Å². The average Bonchev–Trinajstić information content (AvgIpc) is 3.25. The van der Waals surface area contributed by atoms with Crippen molar-refractivity contribution in [2.24, 2.45) is 16.7 Å². The van der Waals surface area contributed by atoms with E-state index in [1.54, 1.807) is 22.6 Å². The van der Waals surface area contributed by atoms with E-state index in [1.165, 1.54) is 11.0 Å². The number of alkyl halides is 3. The van der Waals surface area contributed by atoms with Gasteiger partial charge in [0.25, 0.3) is 0 Å². The second kappa shape index (κ2) is 6.66. The number of piperidine rings is 1. The molecule has 1 aliphatic heterocycles. The molecule has 3 atom stereocenters. The largest absolute Gasteiger partial charge is 0.475 e. The lowest BCUT2D eigenvalue weighted by molar-refractivity contribution is -0.138. The summed E-state index contributed by atoms with van der Waals surface area (Å²) < 4.78 is 44.0. The van der Waals surface area contributed by atoms with Crippen LogP contribution >= 0.6 is 22.6 Å². The van der Waals surface area contributed by atoms with Crippen molar-refractivity contribution in [2.75, 3.05) is 13.2 Å². The lowest BCUT2D eigenvalue weighted by atomic mass is 9.73. The van der Waals surface area contributed by atoms with Crippen LogP contribution in [0.5, 0.6) is 5.88 Å². The number of hydrogen-bond donors (Lipinski definition) is 1. The quantitative estimate of drug-likeness (QED) is 0.604. The number of aromatic nitrogens is 1. The van der Waals surface area contributed by atoms with E-state index < -0.39 is 17.8 Å². The van der Waals surface area contributed by atoms with Gasteiger partial charge in [-0.15, -0.1) is 0 Å². The lowest BCUT2D eigenvalue weighted by Crippen LogP contribution is -2.52. The zero-order valence-corrected chi connectivity index (χ0v) is 17.5. The molecule has 5 nitrogen and oxygen atoms in total. The van der Waals surface area contributed by atoms with Gasteiger partial charge >= 0.3 is 12.3 Å². The van der Waals surface area contributed by atoms with E-state index >= 15 is 0 Å². The third kappa shape index (κ3) is 3.84. The van der Waals surface area contributed by atoms with Crippen LogP contribution < -0.4 is 4.74 Å². The van der Waals surface area contributed by atoms with Gasteiger partial charge in [0, 0.05) is 22.4 Å². The highest BCUT2D eigenvalue weighted by Crippen LogP contribution is 2.67. The van der Waals surface area contributed by atoms with Crippen LogP contribution in [0.15, 0.2) is 12.3 Å². The van der Waals surface area contributed by atoms with Crippen LogP contribution in [0.2, 0.25) is 0 Å². The number of carboxylic acid groups (broad SMARTS) is 1. The van der Waals surface area contributed by atoms with Gasteiger partial charge in [0.15, 0.2) is 0 Å². The minimum atomic E-state index is -4.46. The highest BCUT2D eigenvalue weighted by Gasteiger charge is 2.65. The Balaban J connectivity index is 1.69. The highest BCUT2D eigenvalue weighted by molar-refractivity contribution is 14.1. The third-order valence-electron chi connectivity index (χ3n) is 5.98. The molecule has 0 unspecified atom stereocenters. The molecule has 2 fully saturated rings. The molecule has 0 aromatic carbocycles. The van der Waals surface area contributed by atoms with Crippen molar-refractivity contribution < 1.29 is 27.8 Å². The molecule has 1 N–H and O–H groups in total. The zero-order valence-electron chi connectivity index (χ0n) is 15.3. The van der Waals surface area contributed by atoms with Crippen molar-refractivity contribution >= 4 is 28.7 Å². The van der Waals surface area contributed by atoms with E-state index in [4.69, 9.17) is 4.74 Å². The van der Waals surface area contributed by atoms with E-state index in [2.05, 4.69) is 25.8 Å². The second-order valence-corrected chi connectivity index (χ2v) is 9.58. The number of carbonyl (C=O) groups is 1. The average molecular weight is 498 g/mol. The van der Waals surface area contributed by atoms with Crippen LogP contribution in [0.4, 0.5) is 18.0 Å². The van der Waals surface area contributed by atoms with E-state index in [9.17, 15) is 23.1 Å². The Morgan fingerprint density at radius 3 is 2.63 bits per heavy atom. The predicted octanol–water partition coefficient (Wildman–Crippen LogP) is 4.89. The Labute approximate surface area is 169 Å². The molecule has 0 radical (unpaired) electrons.